The van der Waals surface area contributed by atoms with Crippen LogP contribution >= 0.6 is 11.3 Å². The topological polar surface area (TPSA) is 89.0 Å². The van der Waals surface area contributed by atoms with Crippen molar-refractivity contribution in [1.29, 1.82) is 0 Å². The lowest BCUT2D eigenvalue weighted by molar-refractivity contribution is 0.102. The van der Waals surface area contributed by atoms with Gasteiger partial charge in [-0.2, -0.15) is 0 Å². The molecule has 0 aliphatic heterocycles. The molecule has 1 aromatic heterocycles. The Morgan fingerprint density at radius 2 is 1.84 bits per heavy atom. The summed E-state index contributed by atoms with van der Waals surface area (Å²) in [4.78, 5) is 12.6. The van der Waals surface area contributed by atoms with E-state index in [1.54, 1.807) is 19.1 Å². The predicted molar refractivity (Wildman–Crippen MR) is 100.0 cm³/mol. The Kier molecular flexibility index (Phi) is 6.66. The molecule has 0 saturated carbocycles. The summed E-state index contributed by atoms with van der Waals surface area (Å²) in [5.74, 6) is -0.155. The molecule has 0 unspecified atom stereocenters. The van der Waals surface area contributed by atoms with E-state index in [4.69, 9.17) is 0 Å². The van der Waals surface area contributed by atoms with Crippen molar-refractivity contribution in [3.05, 3.63) is 34.8 Å². The van der Waals surface area contributed by atoms with Gasteiger partial charge in [-0.3, -0.25) is 10.1 Å². The molecule has 6 nitrogen and oxygen atoms in total. The van der Waals surface area contributed by atoms with E-state index < -0.39 is 15.7 Å². The Labute approximate surface area is 152 Å². The highest BCUT2D eigenvalue weighted by Crippen LogP contribution is 2.28. The number of hydrogen-bond acceptors (Lipinski definition) is 6. The zero-order valence-electron chi connectivity index (χ0n) is 14.7. The van der Waals surface area contributed by atoms with E-state index in [-0.39, 0.29) is 16.2 Å². The third kappa shape index (κ3) is 4.64. The molecule has 0 aliphatic rings. The van der Waals surface area contributed by atoms with Gasteiger partial charge in [0.25, 0.3) is 5.91 Å². The van der Waals surface area contributed by atoms with Crippen LogP contribution in [0.4, 0.5) is 5.13 Å². The summed E-state index contributed by atoms with van der Waals surface area (Å²) < 4.78 is 24.8. The monoisotopic (exact) mass is 381 g/mol. The van der Waals surface area contributed by atoms with E-state index in [0.29, 0.717) is 17.5 Å². The molecule has 0 spiro atoms. The summed E-state index contributed by atoms with van der Waals surface area (Å²) in [5, 5.41) is 12.1. The first-order valence-electron chi connectivity index (χ1n) is 8.39. The Hall–Kier alpha value is -1.80. The summed E-state index contributed by atoms with van der Waals surface area (Å²) in [6.45, 7) is 5.96. The van der Waals surface area contributed by atoms with Crippen LogP contribution in [-0.4, -0.2) is 30.3 Å². The van der Waals surface area contributed by atoms with Gasteiger partial charge in [0.05, 0.1) is 16.2 Å². The molecule has 0 radical (unpaired) electrons. The lowest BCUT2D eigenvalue weighted by Gasteiger charge is -2.09. The molecule has 0 bridgehead atoms. The van der Waals surface area contributed by atoms with E-state index in [2.05, 4.69) is 29.4 Å². The first-order chi connectivity index (χ1) is 11.9. The van der Waals surface area contributed by atoms with Crippen molar-refractivity contribution in [3.63, 3.8) is 0 Å². The van der Waals surface area contributed by atoms with Gasteiger partial charge >= 0.3 is 0 Å². The van der Waals surface area contributed by atoms with Gasteiger partial charge in [-0.15, -0.1) is 10.2 Å². The summed E-state index contributed by atoms with van der Waals surface area (Å²) >= 11 is 1.33. The fourth-order valence-corrected chi connectivity index (χ4v) is 5.10. The van der Waals surface area contributed by atoms with Gasteiger partial charge < -0.3 is 0 Å². The molecule has 136 valence electrons. The van der Waals surface area contributed by atoms with Gasteiger partial charge in [0.2, 0.25) is 5.13 Å². The van der Waals surface area contributed by atoms with Crippen molar-refractivity contribution >= 4 is 32.2 Å². The highest BCUT2D eigenvalue weighted by Gasteiger charge is 2.22. The van der Waals surface area contributed by atoms with Gasteiger partial charge in [0.1, 0.15) is 5.01 Å². The number of rotatable bonds is 8. The molecule has 1 aromatic carbocycles. The molecule has 0 atom stereocenters. The normalized spacial score (nSPS) is 11.7. The number of carbonyl (C=O) groups is 1. The molecule has 0 fully saturated rings. The molecule has 1 N–H and O–H groups in total. The number of sulfone groups is 1. The maximum absolute atomic E-state index is 12.6. The summed E-state index contributed by atoms with van der Waals surface area (Å²) in [6, 6.07) is 6.25. The van der Waals surface area contributed by atoms with Gasteiger partial charge in [0.15, 0.2) is 9.84 Å². The smallest absolute Gasteiger partial charge is 0.258 e. The minimum absolute atomic E-state index is 0.00886. The minimum Gasteiger partial charge on any atom is -0.296 e. The maximum atomic E-state index is 12.6. The van der Waals surface area contributed by atoms with Crippen molar-refractivity contribution in [2.24, 2.45) is 0 Å². The van der Waals surface area contributed by atoms with Crippen molar-refractivity contribution in [1.82, 2.24) is 10.2 Å². The second-order valence-electron chi connectivity index (χ2n) is 5.73. The third-order valence-electron chi connectivity index (χ3n) is 3.94. The molecule has 1 amide bonds. The van der Waals surface area contributed by atoms with Gasteiger partial charge in [-0.1, -0.05) is 44.2 Å². The average Bonchev–Trinajstić information content (AvgIpc) is 3.04. The largest absolute Gasteiger partial charge is 0.296 e. The third-order valence-corrected chi connectivity index (χ3v) is 6.91. The lowest BCUT2D eigenvalue weighted by atomic mass is 10.1. The number of anilines is 1. The number of nitrogens with zero attached hydrogens (tertiary/aromatic N) is 2. The highest BCUT2D eigenvalue weighted by atomic mass is 32.2. The Morgan fingerprint density at radius 1 is 1.16 bits per heavy atom. The Bertz CT molecular complexity index is 827. The highest BCUT2D eigenvalue weighted by molar-refractivity contribution is 7.91. The van der Waals surface area contributed by atoms with E-state index in [1.807, 2.05) is 0 Å². The van der Waals surface area contributed by atoms with Crippen LogP contribution in [0.5, 0.6) is 0 Å². The standard InChI is InChI=1S/C17H23N3O3S2/c1-4-11-25(22,23)14-10-8-7-9-13(14)15(21)18-17-20-19-16(24-17)12(5-2)6-3/h7-10,12H,4-6,11H2,1-3H3,(H,18,20,21). The van der Waals surface area contributed by atoms with Crippen molar-refractivity contribution in [2.45, 2.75) is 50.8 Å². The number of aromatic nitrogens is 2. The molecule has 0 saturated heterocycles. The van der Waals surface area contributed by atoms with Crippen LogP contribution in [0.1, 0.15) is 61.3 Å². The summed E-state index contributed by atoms with van der Waals surface area (Å²) in [6.07, 6.45) is 2.40. The molecule has 8 heteroatoms. The lowest BCUT2D eigenvalue weighted by Crippen LogP contribution is -2.17. The SMILES string of the molecule is CCCS(=O)(=O)c1ccccc1C(=O)Nc1nnc(C(CC)CC)s1. The minimum atomic E-state index is -3.49. The molecule has 1 heterocycles. The number of nitrogens with one attached hydrogen (secondary N) is 1. The van der Waals surface area contributed by atoms with Gasteiger partial charge in [-0.05, 0) is 31.4 Å². The fraction of sp³-hybridized carbons (Fsp3) is 0.471. The zero-order valence-corrected chi connectivity index (χ0v) is 16.3. The molecular weight excluding hydrogens is 358 g/mol. The van der Waals surface area contributed by atoms with Gasteiger partial charge in [-0.25, -0.2) is 8.42 Å². The van der Waals surface area contributed by atoms with Crippen LogP contribution in [0.25, 0.3) is 0 Å². The summed E-state index contributed by atoms with van der Waals surface area (Å²) in [7, 11) is -3.49. The molecule has 2 aromatic rings. The fourth-order valence-electron chi connectivity index (χ4n) is 2.56. The molecule has 2 rings (SSSR count). The predicted octanol–water partition coefficient (Wildman–Crippen LogP) is 3.88. The summed E-state index contributed by atoms with van der Waals surface area (Å²) in [5.41, 5.74) is 0.134. The quantitative estimate of drug-likeness (QED) is 0.749. The molecule has 25 heavy (non-hydrogen) atoms. The van der Waals surface area contributed by atoms with E-state index >= 15 is 0 Å². The van der Waals surface area contributed by atoms with Crippen LogP contribution < -0.4 is 5.32 Å². The number of benzene rings is 1. The van der Waals surface area contributed by atoms with E-state index in [0.717, 1.165) is 17.8 Å². The number of carbonyl (C=O) groups excluding carboxylic acids is 1. The number of amides is 1. The molecular formula is C17H23N3O3S2. The van der Waals surface area contributed by atoms with E-state index in [1.165, 1.54) is 23.5 Å². The average molecular weight is 382 g/mol. The first-order valence-corrected chi connectivity index (χ1v) is 10.9. The van der Waals surface area contributed by atoms with Crippen LogP contribution in [-0.2, 0) is 9.84 Å². The van der Waals surface area contributed by atoms with Crippen LogP contribution in [0.15, 0.2) is 29.2 Å². The van der Waals surface area contributed by atoms with Crippen molar-refractivity contribution < 1.29 is 13.2 Å². The maximum Gasteiger partial charge on any atom is 0.258 e. The first kappa shape index (κ1) is 19.5. The van der Waals surface area contributed by atoms with Crippen molar-refractivity contribution in [2.75, 3.05) is 11.1 Å². The van der Waals surface area contributed by atoms with E-state index in [9.17, 15) is 13.2 Å². The second-order valence-corrected chi connectivity index (χ2v) is 8.81. The van der Waals surface area contributed by atoms with Crippen LogP contribution in [0.3, 0.4) is 0 Å². The Morgan fingerprint density at radius 3 is 2.48 bits per heavy atom. The zero-order chi connectivity index (χ0) is 18.4. The van der Waals surface area contributed by atoms with Crippen LogP contribution in [0.2, 0.25) is 0 Å². The van der Waals surface area contributed by atoms with Gasteiger partial charge in [0, 0.05) is 5.92 Å². The van der Waals surface area contributed by atoms with Crippen LogP contribution in [0, 0.1) is 0 Å². The van der Waals surface area contributed by atoms with Crippen molar-refractivity contribution in [3.8, 4) is 0 Å². The number of hydrogen-bond donors (Lipinski definition) is 1. The Balaban J connectivity index is 2.25. The molecule has 0 aliphatic carbocycles. The second kappa shape index (κ2) is 8.53.